The summed E-state index contributed by atoms with van der Waals surface area (Å²) in [5, 5.41) is 22.3. The molecule has 0 N–H and O–H groups in total. The van der Waals surface area contributed by atoms with Gasteiger partial charge < -0.3 is 9.80 Å². The first-order chi connectivity index (χ1) is 32.7. The summed E-state index contributed by atoms with van der Waals surface area (Å²) in [6, 6.07) is 90.0. The Morgan fingerprint density at radius 3 is 0.909 bits per heavy atom. The first-order valence-electron chi connectivity index (χ1n) is 22.8. The van der Waals surface area contributed by atoms with Gasteiger partial charge in [-0.3, -0.25) is 0 Å². The quantitative estimate of drug-likeness (QED) is 0.122. The van der Waals surface area contributed by atoms with Crippen molar-refractivity contribution in [2.24, 2.45) is 0 Å². The van der Waals surface area contributed by atoms with Crippen LogP contribution in [0.2, 0.25) is 0 Å². The number of anilines is 6. The van der Waals surface area contributed by atoms with Crippen LogP contribution in [0.1, 0.15) is 0 Å². The zero-order valence-electron chi connectivity index (χ0n) is 36.0. The molecule has 0 aliphatic carbocycles. The number of para-hydroxylation sites is 2. The fourth-order valence-electron chi connectivity index (χ4n) is 10.9. The Balaban J connectivity index is 1.00. The standard InChI is InChI=1S/C64H40N2/c1-3-19-53(20-4-1)65(59-23-11-17-47-37-49-33-43-13-7-9-15-45(43)35-51(49)39-57(47)59)61-31-27-41-26-30-56-62(32-28-42-25-29-55(61)63(41)64(42)56)66(54-21-5-2-6-22-54)60-24-12-18-48-38-50-34-44-14-8-10-16-46(44)36-52(50)40-58(48)60/h1-40H. The van der Waals surface area contributed by atoms with Gasteiger partial charge in [-0.05, 0) is 172 Å². The van der Waals surface area contributed by atoms with Gasteiger partial charge in [0, 0.05) is 32.9 Å². The number of nitrogens with zero attached hydrogens (tertiary/aromatic N) is 2. The van der Waals surface area contributed by atoms with Crippen LogP contribution >= 0.6 is 0 Å². The van der Waals surface area contributed by atoms with Gasteiger partial charge in [0.25, 0.3) is 0 Å². The third-order valence-electron chi connectivity index (χ3n) is 14.0. The zero-order valence-corrected chi connectivity index (χ0v) is 36.0. The van der Waals surface area contributed by atoms with Gasteiger partial charge in [-0.15, -0.1) is 0 Å². The second kappa shape index (κ2) is 14.4. The summed E-state index contributed by atoms with van der Waals surface area (Å²) in [5.74, 6) is 0. The van der Waals surface area contributed by atoms with E-state index < -0.39 is 0 Å². The van der Waals surface area contributed by atoms with Crippen molar-refractivity contribution in [1.82, 2.24) is 0 Å². The average molecular weight is 837 g/mol. The van der Waals surface area contributed by atoms with E-state index in [0.29, 0.717) is 0 Å². The van der Waals surface area contributed by atoms with Gasteiger partial charge in [0.1, 0.15) is 0 Å². The van der Waals surface area contributed by atoms with E-state index in [1.807, 2.05) is 0 Å². The lowest BCUT2D eigenvalue weighted by Crippen LogP contribution is -2.12. The largest absolute Gasteiger partial charge is 0.309 e. The van der Waals surface area contributed by atoms with Crippen molar-refractivity contribution in [3.63, 3.8) is 0 Å². The lowest BCUT2D eigenvalue weighted by molar-refractivity contribution is 1.31. The maximum Gasteiger partial charge on any atom is 0.0540 e. The molecule has 2 nitrogen and oxygen atoms in total. The van der Waals surface area contributed by atoms with Crippen LogP contribution in [0.15, 0.2) is 243 Å². The molecular weight excluding hydrogens is 797 g/mol. The van der Waals surface area contributed by atoms with Gasteiger partial charge in [0.05, 0.1) is 22.7 Å². The lowest BCUT2D eigenvalue weighted by Gasteiger charge is -2.30. The highest BCUT2D eigenvalue weighted by Gasteiger charge is 2.23. The normalized spacial score (nSPS) is 11.9. The summed E-state index contributed by atoms with van der Waals surface area (Å²) in [5.41, 5.74) is 6.82. The summed E-state index contributed by atoms with van der Waals surface area (Å²) in [7, 11) is 0. The molecule has 0 unspecified atom stereocenters. The predicted molar refractivity (Wildman–Crippen MR) is 285 cm³/mol. The Morgan fingerprint density at radius 2 is 0.500 bits per heavy atom. The first kappa shape index (κ1) is 36.7. The van der Waals surface area contributed by atoms with Crippen LogP contribution in [-0.4, -0.2) is 0 Å². The minimum Gasteiger partial charge on any atom is -0.309 e. The van der Waals surface area contributed by atoms with E-state index in [-0.39, 0.29) is 0 Å². The van der Waals surface area contributed by atoms with E-state index in [1.165, 1.54) is 97.0 Å². The van der Waals surface area contributed by atoms with Crippen molar-refractivity contribution in [2.45, 2.75) is 0 Å². The molecule has 0 aromatic heterocycles. The molecule has 2 heteroatoms. The fraction of sp³-hybridized carbons (Fsp3) is 0. The summed E-state index contributed by atoms with van der Waals surface area (Å²) in [6.07, 6.45) is 0. The minimum atomic E-state index is 1.12. The summed E-state index contributed by atoms with van der Waals surface area (Å²) >= 11 is 0. The molecule has 0 fully saturated rings. The van der Waals surface area contributed by atoms with E-state index >= 15 is 0 Å². The molecule has 14 rings (SSSR count). The van der Waals surface area contributed by atoms with Crippen LogP contribution in [0.5, 0.6) is 0 Å². The van der Waals surface area contributed by atoms with Gasteiger partial charge in [-0.2, -0.15) is 0 Å². The van der Waals surface area contributed by atoms with Crippen molar-refractivity contribution < 1.29 is 0 Å². The van der Waals surface area contributed by atoms with E-state index in [2.05, 4.69) is 252 Å². The second-order valence-corrected chi connectivity index (χ2v) is 17.7. The maximum absolute atomic E-state index is 2.47. The molecule has 14 aromatic rings. The Bertz CT molecular complexity index is 3960. The number of hydrogen-bond donors (Lipinski definition) is 0. The molecule has 0 amide bonds. The van der Waals surface area contributed by atoms with Crippen LogP contribution < -0.4 is 9.80 Å². The molecule has 0 aliphatic heterocycles. The van der Waals surface area contributed by atoms with Gasteiger partial charge in [-0.25, -0.2) is 0 Å². The topological polar surface area (TPSA) is 6.48 Å². The Kier molecular flexibility index (Phi) is 8.02. The molecule has 0 saturated heterocycles. The number of fused-ring (bicyclic) bond motifs is 6. The Labute approximate surface area is 381 Å². The van der Waals surface area contributed by atoms with Crippen LogP contribution in [-0.2, 0) is 0 Å². The van der Waals surface area contributed by atoms with Gasteiger partial charge >= 0.3 is 0 Å². The number of benzene rings is 14. The summed E-state index contributed by atoms with van der Waals surface area (Å²) < 4.78 is 0. The average Bonchev–Trinajstić information content (AvgIpc) is 3.37. The fourth-order valence-corrected chi connectivity index (χ4v) is 10.9. The Hall–Kier alpha value is -8.72. The third kappa shape index (κ3) is 5.68. The molecule has 66 heavy (non-hydrogen) atoms. The molecule has 0 saturated carbocycles. The molecule has 306 valence electrons. The molecule has 0 heterocycles. The van der Waals surface area contributed by atoms with Crippen LogP contribution in [0.25, 0.3) is 97.0 Å². The van der Waals surface area contributed by atoms with E-state index in [4.69, 9.17) is 0 Å². The van der Waals surface area contributed by atoms with Crippen molar-refractivity contribution in [2.75, 3.05) is 9.80 Å². The monoisotopic (exact) mass is 836 g/mol. The molecule has 0 spiro atoms. The molecular formula is C64H40N2. The van der Waals surface area contributed by atoms with Gasteiger partial charge in [-0.1, -0.05) is 146 Å². The van der Waals surface area contributed by atoms with Crippen molar-refractivity contribution in [3.8, 4) is 0 Å². The zero-order chi connectivity index (χ0) is 43.3. The van der Waals surface area contributed by atoms with E-state index in [9.17, 15) is 0 Å². The third-order valence-corrected chi connectivity index (χ3v) is 14.0. The summed E-state index contributed by atoms with van der Waals surface area (Å²) in [4.78, 5) is 4.95. The minimum absolute atomic E-state index is 1.12. The van der Waals surface area contributed by atoms with Gasteiger partial charge in [0.15, 0.2) is 0 Å². The Morgan fingerprint density at radius 1 is 0.182 bits per heavy atom. The first-order valence-corrected chi connectivity index (χ1v) is 22.8. The highest BCUT2D eigenvalue weighted by molar-refractivity contribution is 6.29. The summed E-state index contributed by atoms with van der Waals surface area (Å²) in [6.45, 7) is 0. The van der Waals surface area contributed by atoms with Crippen molar-refractivity contribution in [1.29, 1.82) is 0 Å². The van der Waals surface area contributed by atoms with Crippen LogP contribution in [0.4, 0.5) is 34.1 Å². The SMILES string of the molecule is c1ccc(N(c2cccc3cc4cc5ccccc5cc4cc23)c2ccc3ccc4c(N(c5ccccc5)c5cccc6cc7cc8ccccc8cc7cc56)ccc5ccc2c3c54)cc1. The highest BCUT2D eigenvalue weighted by Crippen LogP contribution is 2.49. The number of rotatable bonds is 6. The smallest absolute Gasteiger partial charge is 0.0540 e. The molecule has 0 bridgehead atoms. The lowest BCUT2D eigenvalue weighted by atomic mass is 9.91. The molecule has 0 radical (unpaired) electrons. The van der Waals surface area contributed by atoms with Crippen molar-refractivity contribution >= 4 is 131 Å². The van der Waals surface area contributed by atoms with E-state index in [1.54, 1.807) is 0 Å². The molecule has 0 atom stereocenters. The second-order valence-electron chi connectivity index (χ2n) is 17.7. The van der Waals surface area contributed by atoms with E-state index in [0.717, 1.165) is 34.1 Å². The number of hydrogen-bond acceptors (Lipinski definition) is 2. The predicted octanol–water partition coefficient (Wildman–Crippen LogP) is 18.4. The maximum atomic E-state index is 2.47. The molecule has 0 aliphatic rings. The van der Waals surface area contributed by atoms with Gasteiger partial charge in [0.2, 0.25) is 0 Å². The molecule has 14 aromatic carbocycles. The van der Waals surface area contributed by atoms with Crippen molar-refractivity contribution in [3.05, 3.63) is 243 Å². The van der Waals surface area contributed by atoms with Crippen LogP contribution in [0.3, 0.4) is 0 Å². The van der Waals surface area contributed by atoms with Crippen LogP contribution in [0, 0.1) is 0 Å². The highest BCUT2D eigenvalue weighted by atomic mass is 15.2.